The zero-order chi connectivity index (χ0) is 16.5. The third-order valence-corrected chi connectivity index (χ3v) is 7.00. The number of hydrogen-bond donors (Lipinski definition) is 1. The van der Waals surface area contributed by atoms with Crippen molar-refractivity contribution >= 4 is 21.6 Å². The number of nitrogens with zero attached hydrogens (tertiary/aromatic N) is 2. The molecular weight excluding hydrogens is 320 g/mol. The summed E-state index contributed by atoms with van der Waals surface area (Å²) in [6, 6.07) is 0. The van der Waals surface area contributed by atoms with Gasteiger partial charge in [-0.1, -0.05) is 13.3 Å². The standard InChI is InChI=1S/C19H26N2O2S/c1-2-12-3-6-14(7-4-12)23-18-17-16-13(9-10-22)5-8-15(16)24-19(17)21-11-20-18/h11-14,22H,2-10H2,1H3/t12-,13-,14+/m1/s1. The molecule has 0 amide bonds. The zero-order valence-corrected chi connectivity index (χ0v) is 15.1. The highest BCUT2D eigenvalue weighted by Crippen LogP contribution is 2.47. The molecular formula is C19H26N2O2S. The van der Waals surface area contributed by atoms with E-state index in [2.05, 4.69) is 16.9 Å². The van der Waals surface area contributed by atoms with Crippen molar-refractivity contribution in [2.24, 2.45) is 5.92 Å². The van der Waals surface area contributed by atoms with E-state index in [1.54, 1.807) is 17.7 Å². The molecule has 1 saturated carbocycles. The van der Waals surface area contributed by atoms with E-state index in [0.717, 1.165) is 54.1 Å². The van der Waals surface area contributed by atoms with E-state index in [0.29, 0.717) is 12.0 Å². The van der Waals surface area contributed by atoms with Crippen LogP contribution in [0.1, 0.15) is 68.2 Å². The Morgan fingerprint density at radius 1 is 1.21 bits per heavy atom. The fourth-order valence-corrected chi connectivity index (χ4v) is 5.62. The molecule has 1 fully saturated rings. The summed E-state index contributed by atoms with van der Waals surface area (Å²) in [6.45, 7) is 2.53. The first kappa shape index (κ1) is 16.3. The molecule has 2 heterocycles. The molecule has 2 aliphatic carbocycles. The predicted octanol–water partition coefficient (Wildman–Crippen LogP) is 4.45. The van der Waals surface area contributed by atoms with Crippen LogP contribution < -0.4 is 4.74 Å². The van der Waals surface area contributed by atoms with Gasteiger partial charge in [0, 0.05) is 11.5 Å². The van der Waals surface area contributed by atoms with Crippen LogP contribution in [0.5, 0.6) is 5.88 Å². The molecule has 0 unspecified atom stereocenters. The molecule has 1 N–H and O–H groups in total. The summed E-state index contributed by atoms with van der Waals surface area (Å²) in [5, 5.41) is 10.5. The highest BCUT2D eigenvalue weighted by Gasteiger charge is 2.30. The van der Waals surface area contributed by atoms with E-state index < -0.39 is 0 Å². The Labute approximate surface area is 147 Å². The molecule has 0 bridgehead atoms. The lowest BCUT2D eigenvalue weighted by Gasteiger charge is -2.28. The molecule has 2 aromatic heterocycles. The second-order valence-electron chi connectivity index (χ2n) is 7.21. The second kappa shape index (κ2) is 6.96. The number of ether oxygens (including phenoxy) is 1. The van der Waals surface area contributed by atoms with Crippen LogP contribution in [0.2, 0.25) is 0 Å². The van der Waals surface area contributed by atoms with E-state index in [1.165, 1.54) is 29.7 Å². The van der Waals surface area contributed by atoms with Crippen molar-refractivity contribution < 1.29 is 9.84 Å². The smallest absolute Gasteiger partial charge is 0.225 e. The number of thiophene rings is 1. The van der Waals surface area contributed by atoms with Crippen LogP contribution in [-0.2, 0) is 6.42 Å². The maximum atomic E-state index is 9.38. The Bertz CT molecular complexity index is 707. The normalized spacial score (nSPS) is 26.7. The van der Waals surface area contributed by atoms with E-state index >= 15 is 0 Å². The molecule has 1 atom stereocenters. The highest BCUT2D eigenvalue weighted by atomic mass is 32.1. The predicted molar refractivity (Wildman–Crippen MR) is 96.8 cm³/mol. The van der Waals surface area contributed by atoms with Crippen LogP contribution in [0, 0.1) is 5.92 Å². The third-order valence-electron chi connectivity index (χ3n) is 5.82. The van der Waals surface area contributed by atoms with E-state index in [-0.39, 0.29) is 6.61 Å². The van der Waals surface area contributed by atoms with Crippen LogP contribution in [0.15, 0.2) is 6.33 Å². The SMILES string of the molecule is CC[C@H]1CC[C@@H](Oc2ncnc3sc4c(c23)[C@@H](CCO)CC4)CC1. The molecule has 0 aliphatic heterocycles. The van der Waals surface area contributed by atoms with Gasteiger partial charge in [0.05, 0.1) is 5.39 Å². The van der Waals surface area contributed by atoms with Crippen molar-refractivity contribution in [3.63, 3.8) is 0 Å². The average molecular weight is 346 g/mol. The largest absolute Gasteiger partial charge is 0.474 e. The number of aliphatic hydroxyl groups is 1. The van der Waals surface area contributed by atoms with Gasteiger partial charge in [0.2, 0.25) is 5.88 Å². The first-order valence-electron chi connectivity index (χ1n) is 9.33. The Morgan fingerprint density at radius 3 is 2.79 bits per heavy atom. The topological polar surface area (TPSA) is 55.2 Å². The Hall–Kier alpha value is -1.20. The lowest BCUT2D eigenvalue weighted by atomic mass is 9.86. The summed E-state index contributed by atoms with van der Waals surface area (Å²) >= 11 is 1.78. The van der Waals surface area contributed by atoms with Crippen molar-refractivity contribution in [2.75, 3.05) is 6.61 Å². The lowest BCUT2D eigenvalue weighted by molar-refractivity contribution is 0.126. The lowest BCUT2D eigenvalue weighted by Crippen LogP contribution is -2.24. The molecule has 0 spiro atoms. The minimum Gasteiger partial charge on any atom is -0.474 e. The van der Waals surface area contributed by atoms with Gasteiger partial charge in [0.15, 0.2) is 0 Å². The zero-order valence-electron chi connectivity index (χ0n) is 14.3. The Kier molecular flexibility index (Phi) is 4.72. The molecule has 4 nitrogen and oxygen atoms in total. The summed E-state index contributed by atoms with van der Waals surface area (Å²) in [5.74, 6) is 2.08. The van der Waals surface area contributed by atoms with Crippen LogP contribution in [0.3, 0.4) is 0 Å². The van der Waals surface area contributed by atoms with Crippen LogP contribution in [-0.4, -0.2) is 27.8 Å². The van der Waals surface area contributed by atoms with Gasteiger partial charge in [-0.25, -0.2) is 9.97 Å². The van der Waals surface area contributed by atoms with Gasteiger partial charge in [-0.05, 0) is 62.3 Å². The van der Waals surface area contributed by atoms with Gasteiger partial charge >= 0.3 is 0 Å². The molecule has 0 aromatic carbocycles. The van der Waals surface area contributed by atoms with Gasteiger partial charge < -0.3 is 9.84 Å². The number of rotatable bonds is 5. The van der Waals surface area contributed by atoms with Crippen LogP contribution >= 0.6 is 11.3 Å². The Balaban J connectivity index is 1.62. The summed E-state index contributed by atoms with van der Waals surface area (Å²) in [6.07, 6.45) is 11.1. The molecule has 24 heavy (non-hydrogen) atoms. The van der Waals surface area contributed by atoms with Crippen molar-refractivity contribution in [1.29, 1.82) is 0 Å². The summed E-state index contributed by atoms with van der Waals surface area (Å²) in [4.78, 5) is 11.4. The van der Waals surface area contributed by atoms with Gasteiger partial charge in [0.1, 0.15) is 17.3 Å². The average Bonchev–Trinajstić information content (AvgIpc) is 3.16. The van der Waals surface area contributed by atoms with Crippen molar-refractivity contribution in [3.8, 4) is 5.88 Å². The van der Waals surface area contributed by atoms with Gasteiger partial charge in [-0.3, -0.25) is 0 Å². The second-order valence-corrected chi connectivity index (χ2v) is 8.30. The molecule has 2 aromatic rings. The number of aryl methyl sites for hydroxylation is 1. The summed E-state index contributed by atoms with van der Waals surface area (Å²) < 4.78 is 6.36. The van der Waals surface area contributed by atoms with E-state index in [4.69, 9.17) is 4.74 Å². The molecule has 0 radical (unpaired) electrons. The quantitative estimate of drug-likeness (QED) is 0.869. The minimum absolute atomic E-state index is 0.242. The third kappa shape index (κ3) is 2.93. The summed E-state index contributed by atoms with van der Waals surface area (Å²) in [5.41, 5.74) is 1.36. The van der Waals surface area contributed by atoms with Crippen molar-refractivity contribution in [1.82, 2.24) is 9.97 Å². The monoisotopic (exact) mass is 346 g/mol. The number of aliphatic hydroxyl groups excluding tert-OH is 1. The maximum absolute atomic E-state index is 9.38. The fraction of sp³-hybridized carbons (Fsp3) is 0.684. The van der Waals surface area contributed by atoms with Crippen molar-refractivity contribution in [2.45, 2.75) is 70.3 Å². The number of aromatic nitrogens is 2. The van der Waals surface area contributed by atoms with Crippen LogP contribution in [0.25, 0.3) is 10.2 Å². The number of fused-ring (bicyclic) bond motifs is 3. The maximum Gasteiger partial charge on any atom is 0.225 e. The van der Waals surface area contributed by atoms with Gasteiger partial charge in [0.25, 0.3) is 0 Å². The molecule has 4 rings (SSSR count). The molecule has 5 heteroatoms. The first-order valence-corrected chi connectivity index (χ1v) is 10.2. The highest BCUT2D eigenvalue weighted by molar-refractivity contribution is 7.19. The first-order chi connectivity index (χ1) is 11.8. The van der Waals surface area contributed by atoms with Gasteiger partial charge in [-0.2, -0.15) is 0 Å². The molecule has 130 valence electrons. The minimum atomic E-state index is 0.242. The number of hydrogen-bond acceptors (Lipinski definition) is 5. The van der Waals surface area contributed by atoms with E-state index in [9.17, 15) is 5.11 Å². The summed E-state index contributed by atoms with van der Waals surface area (Å²) in [7, 11) is 0. The molecule has 0 saturated heterocycles. The fourth-order valence-electron chi connectivity index (χ4n) is 4.39. The Morgan fingerprint density at radius 2 is 2.04 bits per heavy atom. The van der Waals surface area contributed by atoms with Crippen LogP contribution in [0.4, 0.5) is 0 Å². The van der Waals surface area contributed by atoms with Crippen molar-refractivity contribution in [3.05, 3.63) is 16.8 Å². The van der Waals surface area contributed by atoms with E-state index in [1.807, 2.05) is 0 Å². The van der Waals surface area contributed by atoms with Gasteiger partial charge in [-0.15, -0.1) is 11.3 Å². The molecule has 2 aliphatic rings.